The minimum atomic E-state index is -0.255. The largest absolute Gasteiger partial charge is 0.392 e. The first-order chi connectivity index (χ1) is 7.31. The highest BCUT2D eigenvalue weighted by Gasteiger charge is 2.24. The van der Waals surface area contributed by atoms with Crippen LogP contribution in [0.3, 0.4) is 0 Å². The van der Waals surface area contributed by atoms with E-state index in [0.717, 1.165) is 24.5 Å². The summed E-state index contributed by atoms with van der Waals surface area (Å²) in [6.07, 6.45) is 3.08. The molecule has 4 nitrogen and oxygen atoms in total. The summed E-state index contributed by atoms with van der Waals surface area (Å²) in [5.41, 5.74) is 0. The SMILES string of the molecule is CCn1ncnc1CC(O)C1CCSC1. The molecule has 2 heterocycles. The Morgan fingerprint density at radius 2 is 2.60 bits per heavy atom. The van der Waals surface area contributed by atoms with Gasteiger partial charge in [-0.15, -0.1) is 0 Å². The van der Waals surface area contributed by atoms with Gasteiger partial charge in [-0.25, -0.2) is 4.98 Å². The van der Waals surface area contributed by atoms with Gasteiger partial charge in [-0.05, 0) is 30.8 Å². The number of rotatable bonds is 4. The van der Waals surface area contributed by atoms with E-state index in [0.29, 0.717) is 12.3 Å². The Morgan fingerprint density at radius 1 is 1.73 bits per heavy atom. The number of aliphatic hydroxyl groups is 1. The fourth-order valence-electron chi connectivity index (χ4n) is 1.92. The second kappa shape index (κ2) is 4.99. The van der Waals surface area contributed by atoms with Gasteiger partial charge in [0, 0.05) is 13.0 Å². The van der Waals surface area contributed by atoms with Crippen LogP contribution in [-0.4, -0.2) is 37.5 Å². The van der Waals surface area contributed by atoms with Crippen molar-refractivity contribution < 1.29 is 5.11 Å². The zero-order valence-corrected chi connectivity index (χ0v) is 9.78. The number of hydrogen-bond donors (Lipinski definition) is 1. The van der Waals surface area contributed by atoms with Crippen LogP contribution >= 0.6 is 11.8 Å². The van der Waals surface area contributed by atoms with Crippen molar-refractivity contribution in [2.24, 2.45) is 5.92 Å². The highest BCUT2D eigenvalue weighted by molar-refractivity contribution is 7.99. The minimum absolute atomic E-state index is 0.255. The van der Waals surface area contributed by atoms with E-state index in [4.69, 9.17) is 0 Å². The van der Waals surface area contributed by atoms with Gasteiger partial charge in [0.1, 0.15) is 12.2 Å². The number of nitrogens with zero attached hydrogens (tertiary/aromatic N) is 3. The molecule has 0 bridgehead atoms. The topological polar surface area (TPSA) is 50.9 Å². The number of aryl methyl sites for hydroxylation is 1. The van der Waals surface area contributed by atoms with Gasteiger partial charge in [0.25, 0.3) is 0 Å². The summed E-state index contributed by atoms with van der Waals surface area (Å²) in [6, 6.07) is 0. The molecule has 2 atom stereocenters. The molecule has 0 radical (unpaired) electrons. The molecule has 0 amide bonds. The molecule has 1 saturated heterocycles. The molecule has 0 spiro atoms. The Bertz CT molecular complexity index is 309. The number of hydrogen-bond acceptors (Lipinski definition) is 4. The monoisotopic (exact) mass is 227 g/mol. The number of aliphatic hydroxyl groups excluding tert-OH is 1. The average Bonchev–Trinajstić information content (AvgIpc) is 2.87. The van der Waals surface area contributed by atoms with E-state index in [1.165, 1.54) is 5.75 Å². The van der Waals surface area contributed by atoms with E-state index in [-0.39, 0.29) is 6.10 Å². The molecule has 84 valence electrons. The Labute approximate surface area is 94.1 Å². The molecule has 0 aromatic carbocycles. The summed E-state index contributed by atoms with van der Waals surface area (Å²) in [5.74, 6) is 3.61. The molecule has 1 aromatic rings. The third-order valence-corrected chi connectivity index (χ3v) is 4.08. The summed E-state index contributed by atoms with van der Waals surface area (Å²) in [5, 5.41) is 14.1. The lowest BCUT2D eigenvalue weighted by atomic mass is 9.99. The van der Waals surface area contributed by atoms with Gasteiger partial charge in [0.15, 0.2) is 0 Å². The van der Waals surface area contributed by atoms with Gasteiger partial charge in [0.2, 0.25) is 0 Å². The summed E-state index contributed by atoms with van der Waals surface area (Å²) < 4.78 is 1.85. The summed E-state index contributed by atoms with van der Waals surface area (Å²) in [7, 11) is 0. The van der Waals surface area contributed by atoms with Crippen molar-refractivity contribution in [2.45, 2.75) is 32.4 Å². The zero-order chi connectivity index (χ0) is 10.7. The van der Waals surface area contributed by atoms with Crippen LogP contribution in [0.4, 0.5) is 0 Å². The minimum Gasteiger partial charge on any atom is -0.392 e. The van der Waals surface area contributed by atoms with Gasteiger partial charge < -0.3 is 5.11 Å². The van der Waals surface area contributed by atoms with Crippen LogP contribution in [0, 0.1) is 5.92 Å². The van der Waals surface area contributed by atoms with Crippen molar-refractivity contribution in [1.29, 1.82) is 0 Å². The van der Waals surface area contributed by atoms with Crippen molar-refractivity contribution in [3.05, 3.63) is 12.2 Å². The van der Waals surface area contributed by atoms with Gasteiger partial charge in [-0.2, -0.15) is 16.9 Å². The highest BCUT2D eigenvalue weighted by atomic mass is 32.2. The molecule has 1 aliphatic rings. The third-order valence-electron chi connectivity index (χ3n) is 2.90. The molecule has 1 aromatic heterocycles. The lowest BCUT2D eigenvalue weighted by molar-refractivity contribution is 0.117. The van der Waals surface area contributed by atoms with Gasteiger partial charge in [-0.1, -0.05) is 0 Å². The van der Waals surface area contributed by atoms with Crippen LogP contribution < -0.4 is 0 Å². The van der Waals surface area contributed by atoms with E-state index in [9.17, 15) is 5.11 Å². The molecule has 2 rings (SSSR count). The normalized spacial score (nSPS) is 23.2. The average molecular weight is 227 g/mol. The Morgan fingerprint density at radius 3 is 3.27 bits per heavy atom. The summed E-state index contributed by atoms with van der Waals surface area (Å²) in [4.78, 5) is 4.18. The lowest BCUT2D eigenvalue weighted by Gasteiger charge is -2.16. The van der Waals surface area contributed by atoms with Crippen molar-refractivity contribution in [3.8, 4) is 0 Å². The second-order valence-corrected chi connectivity index (χ2v) is 5.04. The van der Waals surface area contributed by atoms with Crippen LogP contribution in [0.15, 0.2) is 6.33 Å². The van der Waals surface area contributed by atoms with Gasteiger partial charge in [0.05, 0.1) is 6.10 Å². The molecule has 0 aliphatic carbocycles. The van der Waals surface area contributed by atoms with E-state index in [2.05, 4.69) is 10.1 Å². The van der Waals surface area contributed by atoms with E-state index in [1.54, 1.807) is 6.33 Å². The maximum atomic E-state index is 10.0. The molecule has 5 heteroatoms. The van der Waals surface area contributed by atoms with E-state index < -0.39 is 0 Å². The maximum absolute atomic E-state index is 10.0. The van der Waals surface area contributed by atoms with E-state index >= 15 is 0 Å². The highest BCUT2D eigenvalue weighted by Crippen LogP contribution is 2.27. The van der Waals surface area contributed by atoms with Crippen molar-refractivity contribution in [3.63, 3.8) is 0 Å². The van der Waals surface area contributed by atoms with E-state index in [1.807, 2.05) is 23.4 Å². The van der Waals surface area contributed by atoms with Crippen LogP contribution in [0.2, 0.25) is 0 Å². The molecular formula is C10H17N3OS. The van der Waals surface area contributed by atoms with Gasteiger partial charge in [-0.3, -0.25) is 4.68 Å². The standard InChI is InChI=1S/C10H17N3OS/c1-2-13-10(11-7-12-13)5-9(14)8-3-4-15-6-8/h7-9,14H,2-6H2,1H3. The molecule has 15 heavy (non-hydrogen) atoms. The Balaban J connectivity index is 1.95. The summed E-state index contributed by atoms with van der Waals surface area (Å²) in [6.45, 7) is 2.86. The smallest absolute Gasteiger partial charge is 0.138 e. The molecular weight excluding hydrogens is 210 g/mol. The Kier molecular flexibility index (Phi) is 3.64. The number of aromatic nitrogens is 3. The van der Waals surface area contributed by atoms with Crippen molar-refractivity contribution >= 4 is 11.8 Å². The molecule has 1 aliphatic heterocycles. The van der Waals surface area contributed by atoms with Crippen molar-refractivity contribution in [1.82, 2.24) is 14.8 Å². The first kappa shape index (κ1) is 11.0. The van der Waals surface area contributed by atoms with Crippen LogP contribution in [-0.2, 0) is 13.0 Å². The third kappa shape index (κ3) is 2.52. The Hall–Kier alpha value is -0.550. The van der Waals surface area contributed by atoms with Crippen molar-refractivity contribution in [2.75, 3.05) is 11.5 Å². The lowest BCUT2D eigenvalue weighted by Crippen LogP contribution is -2.24. The summed E-state index contributed by atoms with van der Waals surface area (Å²) >= 11 is 1.93. The first-order valence-corrected chi connectivity index (χ1v) is 6.59. The number of thioether (sulfide) groups is 1. The van der Waals surface area contributed by atoms with Crippen LogP contribution in [0.25, 0.3) is 0 Å². The molecule has 0 saturated carbocycles. The van der Waals surface area contributed by atoms with Crippen LogP contribution in [0.5, 0.6) is 0 Å². The zero-order valence-electron chi connectivity index (χ0n) is 8.96. The molecule has 1 N–H and O–H groups in total. The van der Waals surface area contributed by atoms with Crippen LogP contribution in [0.1, 0.15) is 19.2 Å². The fraction of sp³-hybridized carbons (Fsp3) is 0.800. The predicted octanol–water partition coefficient (Wildman–Crippen LogP) is 0.955. The maximum Gasteiger partial charge on any atom is 0.138 e. The quantitative estimate of drug-likeness (QED) is 0.832. The molecule has 1 fully saturated rings. The second-order valence-electron chi connectivity index (χ2n) is 3.89. The first-order valence-electron chi connectivity index (χ1n) is 5.43. The predicted molar refractivity (Wildman–Crippen MR) is 60.8 cm³/mol. The van der Waals surface area contributed by atoms with Gasteiger partial charge >= 0.3 is 0 Å². The fourth-order valence-corrected chi connectivity index (χ4v) is 3.25. The molecule has 2 unspecified atom stereocenters.